The van der Waals surface area contributed by atoms with Gasteiger partial charge in [-0.05, 0) is 21.9 Å². The Kier molecular flexibility index (Phi) is 4.71. The fourth-order valence-corrected chi connectivity index (χ4v) is 3.55. The van der Waals surface area contributed by atoms with Gasteiger partial charge in [0.15, 0.2) is 6.10 Å². The third kappa shape index (κ3) is 3.47. The van der Waals surface area contributed by atoms with E-state index in [1.807, 2.05) is 60.7 Å². The summed E-state index contributed by atoms with van der Waals surface area (Å²) in [6.07, 6.45) is -0.468. The van der Waals surface area contributed by atoms with Crippen LogP contribution in [0.4, 0.5) is 0 Å². The second kappa shape index (κ2) is 7.46. The molecule has 4 aromatic carbocycles. The smallest absolute Gasteiger partial charge is 0.303 e. The lowest BCUT2D eigenvalue weighted by Gasteiger charge is -2.22. The SMILES string of the molecule is CC(=O)OC(c1ccccc1-c1ccccc1)c1cccc2ccccc12. The summed E-state index contributed by atoms with van der Waals surface area (Å²) in [6.45, 7) is 1.46. The number of hydrogen-bond acceptors (Lipinski definition) is 2. The highest BCUT2D eigenvalue weighted by Crippen LogP contribution is 2.37. The lowest BCUT2D eigenvalue weighted by atomic mass is 9.90. The first-order valence-electron chi connectivity index (χ1n) is 9.03. The Morgan fingerprint density at radius 1 is 0.704 bits per heavy atom. The third-order valence-electron chi connectivity index (χ3n) is 4.72. The van der Waals surface area contributed by atoms with Crippen molar-refractivity contribution >= 4 is 16.7 Å². The molecule has 0 saturated heterocycles. The average Bonchev–Trinajstić information content (AvgIpc) is 2.72. The highest BCUT2D eigenvalue weighted by molar-refractivity contribution is 5.87. The van der Waals surface area contributed by atoms with Gasteiger partial charge in [0.25, 0.3) is 0 Å². The minimum Gasteiger partial charge on any atom is -0.453 e. The Labute approximate surface area is 159 Å². The van der Waals surface area contributed by atoms with E-state index in [0.29, 0.717) is 0 Å². The van der Waals surface area contributed by atoms with E-state index in [9.17, 15) is 4.79 Å². The predicted molar refractivity (Wildman–Crippen MR) is 109 cm³/mol. The van der Waals surface area contributed by atoms with Crippen LogP contribution in [0, 0.1) is 0 Å². The predicted octanol–water partition coefficient (Wildman–Crippen LogP) is 6.16. The summed E-state index contributed by atoms with van der Waals surface area (Å²) in [4.78, 5) is 12.0. The topological polar surface area (TPSA) is 26.3 Å². The van der Waals surface area contributed by atoms with Gasteiger partial charge in [-0.25, -0.2) is 0 Å². The molecule has 0 heterocycles. The molecule has 27 heavy (non-hydrogen) atoms. The molecule has 0 radical (unpaired) electrons. The van der Waals surface area contributed by atoms with Crippen LogP contribution in [-0.2, 0) is 9.53 Å². The van der Waals surface area contributed by atoms with E-state index in [1.165, 1.54) is 6.92 Å². The van der Waals surface area contributed by atoms with Crippen molar-refractivity contribution in [3.8, 4) is 11.1 Å². The summed E-state index contributed by atoms with van der Waals surface area (Å²) in [5.41, 5.74) is 4.14. The molecule has 1 unspecified atom stereocenters. The summed E-state index contributed by atoms with van der Waals surface area (Å²) in [6, 6.07) is 32.6. The molecule has 4 aromatic rings. The number of fused-ring (bicyclic) bond motifs is 1. The first-order chi connectivity index (χ1) is 13.2. The lowest BCUT2D eigenvalue weighted by molar-refractivity contribution is -0.144. The van der Waals surface area contributed by atoms with Crippen LogP contribution in [0.1, 0.15) is 24.2 Å². The molecule has 0 amide bonds. The van der Waals surface area contributed by atoms with Crippen molar-refractivity contribution in [3.63, 3.8) is 0 Å². The van der Waals surface area contributed by atoms with Crippen LogP contribution >= 0.6 is 0 Å². The summed E-state index contributed by atoms with van der Waals surface area (Å²) in [7, 11) is 0. The molecule has 2 nitrogen and oxygen atoms in total. The van der Waals surface area contributed by atoms with Crippen LogP contribution in [0.15, 0.2) is 97.1 Å². The Bertz CT molecular complexity index is 1080. The second-order valence-corrected chi connectivity index (χ2v) is 6.51. The number of carbonyl (C=O) groups excluding carboxylic acids is 1. The number of benzene rings is 4. The number of ether oxygens (including phenoxy) is 1. The van der Waals surface area contributed by atoms with Crippen LogP contribution in [0.25, 0.3) is 21.9 Å². The molecule has 4 rings (SSSR count). The van der Waals surface area contributed by atoms with Crippen molar-refractivity contribution in [2.75, 3.05) is 0 Å². The monoisotopic (exact) mass is 352 g/mol. The Morgan fingerprint density at radius 3 is 2.15 bits per heavy atom. The van der Waals surface area contributed by atoms with E-state index < -0.39 is 6.10 Å². The Hall–Kier alpha value is -3.39. The van der Waals surface area contributed by atoms with E-state index in [2.05, 4.69) is 36.4 Å². The molecule has 2 heteroatoms. The molecule has 0 N–H and O–H groups in total. The summed E-state index contributed by atoms with van der Waals surface area (Å²) >= 11 is 0. The van der Waals surface area contributed by atoms with E-state index in [4.69, 9.17) is 4.74 Å². The third-order valence-corrected chi connectivity index (χ3v) is 4.72. The summed E-state index contributed by atoms with van der Waals surface area (Å²) < 4.78 is 5.85. The Balaban J connectivity index is 1.94. The number of rotatable bonds is 4. The summed E-state index contributed by atoms with van der Waals surface area (Å²) in [5.74, 6) is -0.296. The highest BCUT2D eigenvalue weighted by Gasteiger charge is 2.22. The first-order valence-corrected chi connectivity index (χ1v) is 9.03. The van der Waals surface area contributed by atoms with E-state index in [1.54, 1.807) is 0 Å². The van der Waals surface area contributed by atoms with Gasteiger partial charge >= 0.3 is 5.97 Å². The maximum Gasteiger partial charge on any atom is 0.303 e. The van der Waals surface area contributed by atoms with Gasteiger partial charge in [0, 0.05) is 18.1 Å². The highest BCUT2D eigenvalue weighted by atomic mass is 16.5. The van der Waals surface area contributed by atoms with Crippen molar-refractivity contribution < 1.29 is 9.53 Å². The van der Waals surface area contributed by atoms with E-state index >= 15 is 0 Å². The normalized spacial score (nSPS) is 11.9. The van der Waals surface area contributed by atoms with Crippen molar-refractivity contribution in [3.05, 3.63) is 108 Å². The molecule has 0 aliphatic carbocycles. The molecule has 1 atom stereocenters. The number of carbonyl (C=O) groups is 1. The van der Waals surface area contributed by atoms with Crippen LogP contribution in [0.5, 0.6) is 0 Å². The maximum atomic E-state index is 12.0. The largest absolute Gasteiger partial charge is 0.453 e. The fourth-order valence-electron chi connectivity index (χ4n) is 3.55. The average molecular weight is 352 g/mol. The standard InChI is InChI=1S/C25H20O2/c1-18(26)27-25(24-17-9-13-20-12-5-6-14-22(20)24)23-16-8-7-15-21(23)19-10-3-2-4-11-19/h2-17,25H,1H3. The molecule has 132 valence electrons. The second-order valence-electron chi connectivity index (χ2n) is 6.51. The van der Waals surface area contributed by atoms with Crippen LogP contribution in [-0.4, -0.2) is 5.97 Å². The zero-order valence-electron chi connectivity index (χ0n) is 15.1. The Morgan fingerprint density at radius 2 is 1.33 bits per heavy atom. The fraction of sp³-hybridized carbons (Fsp3) is 0.0800. The van der Waals surface area contributed by atoms with Gasteiger partial charge in [-0.2, -0.15) is 0 Å². The molecular formula is C25H20O2. The van der Waals surface area contributed by atoms with Gasteiger partial charge in [0.1, 0.15) is 0 Å². The zero-order chi connectivity index (χ0) is 18.6. The molecule has 0 bridgehead atoms. The van der Waals surface area contributed by atoms with Crippen LogP contribution in [0.2, 0.25) is 0 Å². The maximum absolute atomic E-state index is 12.0. The van der Waals surface area contributed by atoms with Gasteiger partial charge in [-0.1, -0.05) is 97.1 Å². The van der Waals surface area contributed by atoms with Gasteiger partial charge < -0.3 is 4.74 Å². The zero-order valence-corrected chi connectivity index (χ0v) is 15.1. The summed E-state index contributed by atoms with van der Waals surface area (Å²) in [5, 5.41) is 2.22. The molecule has 0 aliphatic rings. The number of hydrogen-bond donors (Lipinski definition) is 0. The van der Waals surface area contributed by atoms with Gasteiger partial charge in [-0.3, -0.25) is 4.79 Å². The quantitative estimate of drug-likeness (QED) is 0.411. The van der Waals surface area contributed by atoms with Crippen molar-refractivity contribution in [2.45, 2.75) is 13.0 Å². The van der Waals surface area contributed by atoms with Crippen LogP contribution < -0.4 is 0 Å². The minimum atomic E-state index is -0.468. The van der Waals surface area contributed by atoms with E-state index in [-0.39, 0.29) is 5.97 Å². The van der Waals surface area contributed by atoms with Gasteiger partial charge in [0.2, 0.25) is 0 Å². The van der Waals surface area contributed by atoms with Crippen molar-refractivity contribution in [1.29, 1.82) is 0 Å². The lowest BCUT2D eigenvalue weighted by Crippen LogP contribution is -2.11. The molecular weight excluding hydrogens is 332 g/mol. The molecule has 0 spiro atoms. The van der Waals surface area contributed by atoms with Gasteiger partial charge in [0.05, 0.1) is 0 Å². The van der Waals surface area contributed by atoms with Gasteiger partial charge in [-0.15, -0.1) is 0 Å². The molecule has 0 aliphatic heterocycles. The number of esters is 1. The molecule has 0 saturated carbocycles. The van der Waals surface area contributed by atoms with Crippen LogP contribution in [0.3, 0.4) is 0 Å². The van der Waals surface area contributed by atoms with E-state index in [0.717, 1.165) is 33.0 Å². The molecule has 0 fully saturated rings. The minimum absolute atomic E-state index is 0.296. The van der Waals surface area contributed by atoms with Crippen molar-refractivity contribution in [2.24, 2.45) is 0 Å². The van der Waals surface area contributed by atoms with Crippen molar-refractivity contribution in [1.82, 2.24) is 0 Å². The first kappa shape index (κ1) is 17.0. The molecule has 0 aromatic heterocycles.